The van der Waals surface area contributed by atoms with Gasteiger partial charge in [-0.15, -0.1) is 0 Å². The zero-order valence-corrected chi connectivity index (χ0v) is 7.46. The molecule has 0 aromatic rings. The highest BCUT2D eigenvalue weighted by molar-refractivity contribution is 7.81. The summed E-state index contributed by atoms with van der Waals surface area (Å²) in [6, 6.07) is 0. The van der Waals surface area contributed by atoms with Crippen LogP contribution >= 0.6 is 12.6 Å². The molecule has 4 nitrogen and oxygen atoms in total. The van der Waals surface area contributed by atoms with Crippen LogP contribution in [0.3, 0.4) is 0 Å². The molecule has 0 saturated heterocycles. The molecule has 0 heterocycles. The first kappa shape index (κ1) is 11.1. The number of hydrogen-bond donors (Lipinski definition) is 1. The van der Waals surface area contributed by atoms with Gasteiger partial charge in [-0.25, -0.2) is 19.6 Å². The lowest BCUT2D eigenvalue weighted by Crippen LogP contribution is -2.03. The lowest BCUT2D eigenvalue weighted by Gasteiger charge is -2.03. The van der Waals surface area contributed by atoms with E-state index in [0.717, 1.165) is 12.8 Å². The van der Waals surface area contributed by atoms with Gasteiger partial charge in [-0.3, -0.25) is 0 Å². The van der Waals surface area contributed by atoms with Crippen molar-refractivity contribution < 1.29 is 9.59 Å². The monoisotopic (exact) mass is 186 g/mol. The summed E-state index contributed by atoms with van der Waals surface area (Å²) >= 11 is 4.15. The summed E-state index contributed by atoms with van der Waals surface area (Å²) in [5.41, 5.74) is 0. The fourth-order valence-corrected chi connectivity index (χ4v) is 0.950. The number of isocyanates is 2. The topological polar surface area (TPSA) is 58.9 Å². The summed E-state index contributed by atoms with van der Waals surface area (Å²) in [5.74, 6) is 0. The molecule has 0 saturated carbocycles. The number of aliphatic imine (C=N–C) groups is 2. The summed E-state index contributed by atoms with van der Waals surface area (Å²) in [5, 5.41) is 0.0494. The Balaban J connectivity index is 3.36. The summed E-state index contributed by atoms with van der Waals surface area (Å²) in [4.78, 5) is 26.1. The Labute approximate surface area is 76.2 Å². The van der Waals surface area contributed by atoms with Crippen molar-refractivity contribution in [1.82, 2.24) is 0 Å². The number of rotatable bonds is 6. The van der Waals surface area contributed by atoms with Gasteiger partial charge in [-0.05, 0) is 12.8 Å². The van der Waals surface area contributed by atoms with E-state index in [2.05, 4.69) is 22.6 Å². The van der Waals surface area contributed by atoms with Crippen molar-refractivity contribution in [3.8, 4) is 0 Å². The fourth-order valence-electron chi connectivity index (χ4n) is 0.686. The zero-order valence-electron chi connectivity index (χ0n) is 6.56. The third kappa shape index (κ3) is 7.22. The molecular weight excluding hydrogens is 176 g/mol. The predicted octanol–water partition coefficient (Wildman–Crippen LogP) is 0.737. The van der Waals surface area contributed by atoms with Gasteiger partial charge in [0.15, 0.2) is 0 Å². The molecule has 0 aliphatic heterocycles. The van der Waals surface area contributed by atoms with E-state index in [-0.39, 0.29) is 5.25 Å². The third-order valence-corrected chi connectivity index (χ3v) is 1.66. The first-order chi connectivity index (χ1) is 5.81. The molecule has 0 amide bonds. The second kappa shape index (κ2) is 8.21. The average molecular weight is 186 g/mol. The molecule has 0 radical (unpaired) electrons. The van der Waals surface area contributed by atoms with E-state index in [9.17, 15) is 9.59 Å². The SMILES string of the molecule is O=C=NCCCC(S)CN=C=O. The Morgan fingerprint density at radius 2 is 1.92 bits per heavy atom. The van der Waals surface area contributed by atoms with Crippen LogP contribution in [0.4, 0.5) is 0 Å². The van der Waals surface area contributed by atoms with E-state index in [1.165, 1.54) is 12.2 Å². The quantitative estimate of drug-likeness (QED) is 0.288. The lowest BCUT2D eigenvalue weighted by atomic mass is 10.2. The zero-order chi connectivity index (χ0) is 9.23. The van der Waals surface area contributed by atoms with Crippen LogP contribution in [0.25, 0.3) is 0 Å². The van der Waals surface area contributed by atoms with Crippen LogP contribution in [0, 0.1) is 0 Å². The van der Waals surface area contributed by atoms with Crippen LogP contribution in [-0.4, -0.2) is 30.5 Å². The van der Waals surface area contributed by atoms with E-state index in [1.54, 1.807) is 0 Å². The maximum atomic E-state index is 9.69. The molecule has 0 aromatic carbocycles. The Morgan fingerprint density at radius 3 is 2.50 bits per heavy atom. The summed E-state index contributed by atoms with van der Waals surface area (Å²) in [7, 11) is 0. The van der Waals surface area contributed by atoms with Crippen molar-refractivity contribution in [2.45, 2.75) is 18.1 Å². The van der Waals surface area contributed by atoms with Gasteiger partial charge in [0, 0.05) is 5.25 Å². The van der Waals surface area contributed by atoms with Gasteiger partial charge in [0.2, 0.25) is 12.2 Å². The van der Waals surface area contributed by atoms with Crippen molar-refractivity contribution in [3.05, 3.63) is 0 Å². The Bertz CT molecular complexity index is 207. The highest BCUT2D eigenvalue weighted by Crippen LogP contribution is 2.04. The maximum absolute atomic E-state index is 9.69. The molecule has 0 aliphatic carbocycles. The van der Waals surface area contributed by atoms with Crippen molar-refractivity contribution in [2.75, 3.05) is 13.1 Å². The largest absolute Gasteiger partial charge is 0.234 e. The molecule has 0 rings (SSSR count). The average Bonchev–Trinajstić information content (AvgIpc) is 2.09. The highest BCUT2D eigenvalue weighted by atomic mass is 32.1. The Hall–Kier alpha value is -0.890. The highest BCUT2D eigenvalue weighted by Gasteiger charge is 2.00. The number of nitrogens with zero attached hydrogens (tertiary/aromatic N) is 2. The fraction of sp³-hybridized carbons (Fsp3) is 0.714. The number of hydrogen-bond acceptors (Lipinski definition) is 5. The molecule has 12 heavy (non-hydrogen) atoms. The van der Waals surface area contributed by atoms with Gasteiger partial charge < -0.3 is 0 Å². The standard InChI is InChI=1S/C7H10N2O2S/c10-5-8-3-1-2-7(12)4-9-6-11/h7,12H,1-4H2. The van der Waals surface area contributed by atoms with Gasteiger partial charge in [-0.2, -0.15) is 12.6 Å². The first-order valence-corrected chi connectivity index (χ1v) is 4.08. The molecular formula is C7H10N2O2S. The van der Waals surface area contributed by atoms with Crippen LogP contribution in [-0.2, 0) is 9.59 Å². The molecule has 0 bridgehead atoms. The summed E-state index contributed by atoms with van der Waals surface area (Å²) in [6.07, 6.45) is 4.43. The van der Waals surface area contributed by atoms with E-state index in [4.69, 9.17) is 0 Å². The molecule has 0 fully saturated rings. The molecule has 0 aliphatic rings. The minimum atomic E-state index is 0.0494. The predicted molar refractivity (Wildman–Crippen MR) is 48.0 cm³/mol. The molecule has 0 aromatic heterocycles. The van der Waals surface area contributed by atoms with Gasteiger partial charge in [0.25, 0.3) is 0 Å². The van der Waals surface area contributed by atoms with Crippen LogP contribution in [0.15, 0.2) is 9.98 Å². The second-order valence-corrected chi connectivity index (χ2v) is 2.93. The van der Waals surface area contributed by atoms with Crippen LogP contribution in [0.1, 0.15) is 12.8 Å². The van der Waals surface area contributed by atoms with Crippen molar-refractivity contribution in [3.63, 3.8) is 0 Å². The van der Waals surface area contributed by atoms with Crippen molar-refractivity contribution >= 4 is 24.8 Å². The molecule has 1 unspecified atom stereocenters. The minimum absolute atomic E-state index is 0.0494. The Morgan fingerprint density at radius 1 is 1.25 bits per heavy atom. The number of carbonyl (C=O) groups excluding carboxylic acids is 2. The molecule has 0 N–H and O–H groups in total. The van der Waals surface area contributed by atoms with Crippen LogP contribution in [0.2, 0.25) is 0 Å². The van der Waals surface area contributed by atoms with E-state index in [0.29, 0.717) is 13.1 Å². The first-order valence-electron chi connectivity index (χ1n) is 3.56. The maximum Gasteiger partial charge on any atom is 0.234 e. The minimum Gasteiger partial charge on any atom is -0.211 e. The van der Waals surface area contributed by atoms with Gasteiger partial charge in [0.05, 0.1) is 13.1 Å². The molecule has 5 heteroatoms. The third-order valence-electron chi connectivity index (χ3n) is 1.24. The summed E-state index contributed by atoms with van der Waals surface area (Å²) < 4.78 is 0. The smallest absolute Gasteiger partial charge is 0.211 e. The van der Waals surface area contributed by atoms with Crippen LogP contribution in [0.5, 0.6) is 0 Å². The summed E-state index contributed by atoms with van der Waals surface area (Å²) in [6.45, 7) is 0.836. The lowest BCUT2D eigenvalue weighted by molar-refractivity contribution is 0.561. The van der Waals surface area contributed by atoms with Crippen LogP contribution < -0.4 is 0 Å². The van der Waals surface area contributed by atoms with E-state index >= 15 is 0 Å². The van der Waals surface area contributed by atoms with Gasteiger partial charge >= 0.3 is 0 Å². The Kier molecular flexibility index (Phi) is 7.60. The molecule has 66 valence electrons. The van der Waals surface area contributed by atoms with Crippen molar-refractivity contribution in [2.24, 2.45) is 9.98 Å². The molecule has 0 spiro atoms. The van der Waals surface area contributed by atoms with Crippen molar-refractivity contribution in [1.29, 1.82) is 0 Å². The van der Waals surface area contributed by atoms with E-state index < -0.39 is 0 Å². The van der Waals surface area contributed by atoms with Gasteiger partial charge in [0.1, 0.15) is 0 Å². The second-order valence-electron chi connectivity index (χ2n) is 2.20. The van der Waals surface area contributed by atoms with Gasteiger partial charge in [-0.1, -0.05) is 0 Å². The normalized spacial score (nSPS) is 11.1. The molecule has 1 atom stereocenters. The number of thiol groups is 1. The van der Waals surface area contributed by atoms with E-state index in [1.807, 2.05) is 0 Å².